The zero-order valence-electron chi connectivity index (χ0n) is 24.5. The molecule has 1 aliphatic heterocycles. The first-order chi connectivity index (χ1) is 21.3. The second kappa shape index (κ2) is 12.4. The predicted octanol–water partition coefficient (Wildman–Crippen LogP) is 6.53. The molecule has 1 unspecified atom stereocenters. The van der Waals surface area contributed by atoms with E-state index < -0.39 is 29.1 Å². The maximum absolute atomic E-state index is 15.2. The molecule has 0 spiro atoms. The van der Waals surface area contributed by atoms with Crippen LogP contribution in [0.1, 0.15) is 42.3 Å². The maximum atomic E-state index is 15.2. The summed E-state index contributed by atoms with van der Waals surface area (Å²) in [5.74, 6) is -1.43. The normalized spacial score (nSPS) is 16.2. The van der Waals surface area contributed by atoms with Crippen LogP contribution in [0, 0.1) is 11.6 Å². The van der Waals surface area contributed by atoms with Gasteiger partial charge in [0.25, 0.3) is 0 Å². The number of aryl methyl sites for hydroxylation is 1. The molecule has 1 aliphatic rings. The van der Waals surface area contributed by atoms with Crippen molar-refractivity contribution in [3.8, 4) is 17.1 Å². The maximum Gasteiger partial charge on any atom is 0.416 e. The van der Waals surface area contributed by atoms with Gasteiger partial charge in [-0.05, 0) is 66.2 Å². The third-order valence-electron chi connectivity index (χ3n) is 6.97. The molecule has 2 heterocycles. The highest BCUT2D eigenvalue weighted by Crippen LogP contribution is 2.40. The van der Waals surface area contributed by atoms with E-state index in [1.807, 2.05) is 26.0 Å². The number of hydrazone groups is 1. The number of anilines is 2. The molecule has 3 aromatic carbocycles. The van der Waals surface area contributed by atoms with Crippen molar-refractivity contribution in [2.75, 3.05) is 24.4 Å². The van der Waals surface area contributed by atoms with Crippen molar-refractivity contribution in [3.63, 3.8) is 0 Å². The highest BCUT2D eigenvalue weighted by atomic mass is 32.1. The van der Waals surface area contributed by atoms with Gasteiger partial charge in [-0.3, -0.25) is 5.43 Å². The van der Waals surface area contributed by atoms with Crippen molar-refractivity contribution < 1.29 is 31.4 Å². The van der Waals surface area contributed by atoms with Crippen LogP contribution in [-0.2, 0) is 23.7 Å². The molecule has 15 heteroatoms. The largest absolute Gasteiger partial charge is 0.497 e. The number of thiocarbonyl (C=S) groups is 1. The van der Waals surface area contributed by atoms with E-state index in [9.17, 15) is 13.2 Å². The summed E-state index contributed by atoms with van der Waals surface area (Å²) in [4.78, 5) is 4.35. The van der Waals surface area contributed by atoms with Crippen LogP contribution in [0.15, 0.2) is 59.7 Å². The van der Waals surface area contributed by atoms with Crippen LogP contribution in [0.5, 0.6) is 5.75 Å². The number of alkyl halides is 3. The van der Waals surface area contributed by atoms with Gasteiger partial charge in [-0.25, -0.2) is 18.4 Å². The first kappa shape index (κ1) is 31.8. The van der Waals surface area contributed by atoms with Crippen LogP contribution < -0.4 is 20.8 Å². The molecule has 1 fully saturated rings. The summed E-state index contributed by atoms with van der Waals surface area (Å²) in [6.45, 7) is 4.19. The number of hydrogen-bond acceptors (Lipinski definition) is 7. The summed E-state index contributed by atoms with van der Waals surface area (Å²) in [7, 11) is 3.09. The Labute approximate surface area is 260 Å². The molecular formula is C30H28F5N7O2S. The van der Waals surface area contributed by atoms with Crippen LogP contribution in [0.2, 0.25) is 0 Å². The third kappa shape index (κ3) is 6.88. The molecule has 3 N–H and O–H groups in total. The first-order valence-electron chi connectivity index (χ1n) is 13.6. The van der Waals surface area contributed by atoms with Crippen LogP contribution in [-0.4, -0.2) is 39.8 Å². The summed E-state index contributed by atoms with van der Waals surface area (Å²) in [5, 5.41) is 14.3. The Morgan fingerprint density at radius 1 is 1.11 bits per heavy atom. The molecule has 236 valence electrons. The SMILES string of the molecule is COc1ccc(C(C)C)c(NC(=S)N/N=C/c2ccc(-c3nc(C4(Nc5ccc(C(F)(F)F)cc5)CO4)n(C)n3)c(F)c2F)c1. The minimum atomic E-state index is -4.47. The highest BCUT2D eigenvalue weighted by Gasteiger charge is 2.51. The Bertz CT molecular complexity index is 1750. The number of aromatic nitrogens is 3. The predicted molar refractivity (Wildman–Crippen MR) is 163 cm³/mol. The molecule has 1 saturated heterocycles. The van der Waals surface area contributed by atoms with Crippen molar-refractivity contribution in [1.82, 2.24) is 20.2 Å². The monoisotopic (exact) mass is 645 g/mol. The van der Waals surface area contributed by atoms with Crippen LogP contribution >= 0.6 is 12.2 Å². The van der Waals surface area contributed by atoms with E-state index in [0.717, 1.165) is 23.9 Å². The molecule has 0 amide bonds. The van der Waals surface area contributed by atoms with E-state index in [-0.39, 0.29) is 40.4 Å². The minimum Gasteiger partial charge on any atom is -0.497 e. The average Bonchev–Trinajstić information content (AvgIpc) is 3.66. The van der Waals surface area contributed by atoms with Crippen molar-refractivity contribution in [3.05, 3.63) is 88.7 Å². The van der Waals surface area contributed by atoms with Crippen molar-refractivity contribution in [1.29, 1.82) is 0 Å². The molecule has 4 aromatic rings. The molecule has 1 atom stereocenters. The summed E-state index contributed by atoms with van der Waals surface area (Å²) >= 11 is 5.31. The molecule has 9 nitrogen and oxygen atoms in total. The molecule has 0 saturated carbocycles. The van der Waals surface area contributed by atoms with Crippen molar-refractivity contribution in [2.24, 2.45) is 12.1 Å². The number of epoxide rings is 1. The lowest BCUT2D eigenvalue weighted by Gasteiger charge is -2.16. The van der Waals surface area contributed by atoms with Gasteiger partial charge in [0.1, 0.15) is 12.4 Å². The number of rotatable bonds is 9. The Kier molecular flexibility index (Phi) is 8.76. The van der Waals surface area contributed by atoms with Gasteiger partial charge in [0.15, 0.2) is 28.4 Å². The first-order valence-corrected chi connectivity index (χ1v) is 14.0. The quantitative estimate of drug-likeness (QED) is 0.0622. The number of nitrogens with zero attached hydrogens (tertiary/aromatic N) is 4. The lowest BCUT2D eigenvalue weighted by molar-refractivity contribution is -0.137. The van der Waals surface area contributed by atoms with Crippen LogP contribution in [0.25, 0.3) is 11.4 Å². The van der Waals surface area contributed by atoms with Crippen molar-refractivity contribution >= 4 is 34.9 Å². The van der Waals surface area contributed by atoms with Gasteiger partial charge in [-0.1, -0.05) is 19.9 Å². The standard InChI is InChI=1S/C30H28F5N7O2S/c1-16(2)21-12-10-20(43-4)13-23(21)37-28(45)40-36-14-17-5-11-22(25(32)24(17)31)26-38-27(42(3)41-26)29(15-44-29)39-19-8-6-18(7-9-19)30(33,34)35/h5-14,16,39H,15H2,1-4H3,(H2,37,40,45)/b36-14+. The van der Waals surface area contributed by atoms with Gasteiger partial charge in [0.2, 0.25) is 5.72 Å². The molecule has 0 bridgehead atoms. The summed E-state index contributed by atoms with van der Waals surface area (Å²) in [5.41, 5.74) is 2.30. The molecule has 45 heavy (non-hydrogen) atoms. The second-order valence-electron chi connectivity index (χ2n) is 10.5. The number of halogens is 5. The van der Waals surface area contributed by atoms with Gasteiger partial charge in [0.05, 0.1) is 24.5 Å². The summed E-state index contributed by atoms with van der Waals surface area (Å²) in [6, 6.07) is 12.6. The van der Waals surface area contributed by atoms with Crippen LogP contribution in [0.3, 0.4) is 0 Å². The van der Waals surface area contributed by atoms with Crippen molar-refractivity contribution in [2.45, 2.75) is 31.7 Å². The van der Waals surface area contributed by atoms with E-state index in [4.69, 9.17) is 21.7 Å². The van der Waals surface area contributed by atoms with E-state index >= 15 is 8.78 Å². The summed E-state index contributed by atoms with van der Waals surface area (Å²) < 4.78 is 81.2. The second-order valence-corrected chi connectivity index (χ2v) is 10.9. The lowest BCUT2D eigenvalue weighted by atomic mass is 10.0. The lowest BCUT2D eigenvalue weighted by Crippen LogP contribution is -2.25. The summed E-state index contributed by atoms with van der Waals surface area (Å²) in [6.07, 6.45) is -3.38. The van der Waals surface area contributed by atoms with Gasteiger partial charge in [0, 0.05) is 30.1 Å². The molecule has 1 aromatic heterocycles. The van der Waals surface area contributed by atoms with Crippen LogP contribution in [0.4, 0.5) is 33.3 Å². The van der Waals surface area contributed by atoms with Gasteiger partial charge in [-0.15, -0.1) is 0 Å². The Hall–Kier alpha value is -4.63. The fourth-order valence-electron chi connectivity index (χ4n) is 4.58. The third-order valence-corrected chi connectivity index (χ3v) is 7.16. The molecular weight excluding hydrogens is 617 g/mol. The van der Waals surface area contributed by atoms with E-state index in [2.05, 4.69) is 31.2 Å². The highest BCUT2D eigenvalue weighted by molar-refractivity contribution is 7.80. The number of benzene rings is 3. The zero-order chi connectivity index (χ0) is 32.5. The van der Waals surface area contributed by atoms with Gasteiger partial charge >= 0.3 is 6.18 Å². The smallest absolute Gasteiger partial charge is 0.416 e. The number of ether oxygens (including phenoxy) is 2. The number of methoxy groups -OCH3 is 1. The van der Waals surface area contributed by atoms with Gasteiger partial charge < -0.3 is 20.1 Å². The molecule has 0 radical (unpaired) electrons. The number of nitrogens with one attached hydrogen (secondary N) is 3. The topological polar surface area (TPSA) is 101 Å². The Balaban J connectivity index is 1.28. The zero-order valence-corrected chi connectivity index (χ0v) is 25.3. The minimum absolute atomic E-state index is 0.112. The fraction of sp³-hybridized carbons (Fsp3) is 0.267. The fourth-order valence-corrected chi connectivity index (χ4v) is 4.74. The van der Waals surface area contributed by atoms with E-state index in [0.29, 0.717) is 17.1 Å². The Morgan fingerprint density at radius 3 is 2.44 bits per heavy atom. The van der Waals surface area contributed by atoms with E-state index in [1.54, 1.807) is 13.2 Å². The van der Waals surface area contributed by atoms with Gasteiger partial charge in [-0.2, -0.15) is 23.4 Å². The molecule has 0 aliphatic carbocycles. The Morgan fingerprint density at radius 2 is 1.82 bits per heavy atom. The molecule has 5 rings (SSSR count). The average molecular weight is 646 g/mol. The van der Waals surface area contributed by atoms with E-state index in [1.165, 1.54) is 36.0 Å². The number of hydrogen-bond donors (Lipinski definition) is 3.